The van der Waals surface area contributed by atoms with Gasteiger partial charge in [0.1, 0.15) is 12.1 Å². The number of nitrogens with one attached hydrogen (secondary N) is 1. The van der Waals surface area contributed by atoms with Crippen LogP contribution in [0.5, 0.6) is 0 Å². The number of hydrazone groups is 1. The second-order valence-electron chi connectivity index (χ2n) is 4.07. The standard InChI is InChI=1S/C13H15Cl2N3O5/c1-3-22-12(7-13(19)23-4-2)17-16-10-5-8(14)9(15)6-11(10)18(20)21/h5-6,16H,3-4,7H2,1-2H3/b17-12+. The largest absolute Gasteiger partial charge is 0.480 e. The topological polar surface area (TPSA) is 103 Å². The van der Waals surface area contributed by atoms with E-state index in [1.165, 1.54) is 6.07 Å². The van der Waals surface area contributed by atoms with Crippen LogP contribution in [0, 0.1) is 10.1 Å². The van der Waals surface area contributed by atoms with Gasteiger partial charge in [-0.25, -0.2) is 0 Å². The van der Waals surface area contributed by atoms with Crippen LogP contribution in [0.4, 0.5) is 11.4 Å². The normalized spacial score (nSPS) is 11.0. The summed E-state index contributed by atoms with van der Waals surface area (Å²) in [5, 5.41) is 15.1. The average molecular weight is 364 g/mol. The number of hydrogen-bond donors (Lipinski definition) is 1. The maximum Gasteiger partial charge on any atom is 0.315 e. The molecule has 0 heterocycles. The van der Waals surface area contributed by atoms with E-state index in [0.29, 0.717) is 0 Å². The van der Waals surface area contributed by atoms with Crippen LogP contribution in [0.1, 0.15) is 20.3 Å². The first-order chi connectivity index (χ1) is 10.9. The maximum absolute atomic E-state index is 11.5. The minimum Gasteiger partial charge on any atom is -0.480 e. The van der Waals surface area contributed by atoms with Crippen molar-refractivity contribution in [1.29, 1.82) is 0 Å². The summed E-state index contributed by atoms with van der Waals surface area (Å²) in [6.07, 6.45) is -0.205. The molecule has 0 aromatic heterocycles. The Morgan fingerprint density at radius 3 is 2.43 bits per heavy atom. The van der Waals surface area contributed by atoms with Gasteiger partial charge in [0.05, 0.1) is 28.2 Å². The molecule has 0 saturated carbocycles. The number of nitro benzene ring substituents is 1. The molecule has 1 rings (SSSR count). The zero-order valence-corrected chi connectivity index (χ0v) is 14.0. The van der Waals surface area contributed by atoms with Crippen LogP contribution >= 0.6 is 23.2 Å². The fourth-order valence-corrected chi connectivity index (χ4v) is 1.85. The van der Waals surface area contributed by atoms with E-state index in [-0.39, 0.29) is 47.0 Å². The molecular weight excluding hydrogens is 349 g/mol. The van der Waals surface area contributed by atoms with Crippen molar-refractivity contribution in [3.8, 4) is 0 Å². The van der Waals surface area contributed by atoms with Crippen molar-refractivity contribution >= 4 is 46.4 Å². The second kappa shape index (κ2) is 9.16. The number of ether oxygens (including phenoxy) is 2. The number of carbonyl (C=O) groups excluding carboxylic acids is 1. The van der Waals surface area contributed by atoms with Crippen LogP contribution in [-0.4, -0.2) is 30.0 Å². The van der Waals surface area contributed by atoms with E-state index in [1.54, 1.807) is 13.8 Å². The van der Waals surface area contributed by atoms with E-state index in [4.69, 9.17) is 32.7 Å². The first kappa shape index (κ1) is 19.0. The molecule has 1 aromatic rings. The van der Waals surface area contributed by atoms with Crippen LogP contribution in [0.3, 0.4) is 0 Å². The summed E-state index contributed by atoms with van der Waals surface area (Å²) in [7, 11) is 0. The Balaban J connectivity index is 3.00. The molecule has 1 aromatic carbocycles. The van der Waals surface area contributed by atoms with Gasteiger partial charge in [-0.1, -0.05) is 23.2 Å². The van der Waals surface area contributed by atoms with Crippen molar-refractivity contribution in [2.24, 2.45) is 5.10 Å². The number of nitro groups is 1. The van der Waals surface area contributed by atoms with Gasteiger partial charge in [-0.15, -0.1) is 5.10 Å². The van der Waals surface area contributed by atoms with Crippen LogP contribution < -0.4 is 5.43 Å². The molecule has 0 saturated heterocycles. The number of benzene rings is 1. The predicted molar refractivity (Wildman–Crippen MR) is 87.1 cm³/mol. The van der Waals surface area contributed by atoms with Gasteiger partial charge >= 0.3 is 5.97 Å². The highest BCUT2D eigenvalue weighted by Gasteiger charge is 2.17. The number of hydrogen-bond acceptors (Lipinski definition) is 7. The average Bonchev–Trinajstić information content (AvgIpc) is 2.48. The molecule has 0 bridgehead atoms. The molecule has 0 aliphatic carbocycles. The third-order valence-corrected chi connectivity index (χ3v) is 3.17. The number of esters is 1. The molecule has 0 atom stereocenters. The van der Waals surface area contributed by atoms with Crippen molar-refractivity contribution in [2.45, 2.75) is 20.3 Å². The summed E-state index contributed by atoms with van der Waals surface area (Å²) < 4.78 is 9.99. The molecule has 0 aliphatic rings. The lowest BCUT2D eigenvalue weighted by Gasteiger charge is -2.09. The Labute approximate surface area is 142 Å². The monoisotopic (exact) mass is 363 g/mol. The number of anilines is 1. The van der Waals surface area contributed by atoms with E-state index in [9.17, 15) is 14.9 Å². The van der Waals surface area contributed by atoms with Gasteiger partial charge in [-0.3, -0.25) is 20.3 Å². The Kier molecular flexibility index (Phi) is 7.56. The van der Waals surface area contributed by atoms with E-state index in [1.807, 2.05) is 0 Å². The van der Waals surface area contributed by atoms with Crippen molar-refractivity contribution in [3.05, 3.63) is 32.3 Å². The number of carbonyl (C=O) groups is 1. The fourth-order valence-electron chi connectivity index (χ4n) is 1.52. The van der Waals surface area contributed by atoms with Gasteiger partial charge < -0.3 is 9.47 Å². The van der Waals surface area contributed by atoms with Crippen molar-refractivity contribution in [2.75, 3.05) is 18.6 Å². The van der Waals surface area contributed by atoms with E-state index in [2.05, 4.69) is 10.5 Å². The number of rotatable bonds is 7. The lowest BCUT2D eigenvalue weighted by molar-refractivity contribution is -0.383. The van der Waals surface area contributed by atoms with Gasteiger partial charge in [0, 0.05) is 6.07 Å². The second-order valence-corrected chi connectivity index (χ2v) is 4.89. The molecule has 0 radical (unpaired) electrons. The Hall–Kier alpha value is -2.06. The zero-order chi connectivity index (χ0) is 17.4. The zero-order valence-electron chi connectivity index (χ0n) is 12.5. The third kappa shape index (κ3) is 5.91. The Bertz CT molecular complexity index is 622. The van der Waals surface area contributed by atoms with Gasteiger partial charge in [0.15, 0.2) is 0 Å². The summed E-state index contributed by atoms with van der Waals surface area (Å²) in [5.74, 6) is -0.489. The maximum atomic E-state index is 11.5. The summed E-state index contributed by atoms with van der Waals surface area (Å²) in [4.78, 5) is 21.9. The molecule has 0 aliphatic heterocycles. The van der Waals surface area contributed by atoms with Crippen molar-refractivity contribution < 1.29 is 19.2 Å². The van der Waals surface area contributed by atoms with Crippen LogP contribution in [0.2, 0.25) is 10.0 Å². The van der Waals surface area contributed by atoms with E-state index >= 15 is 0 Å². The van der Waals surface area contributed by atoms with Crippen molar-refractivity contribution in [3.63, 3.8) is 0 Å². The quantitative estimate of drug-likeness (QED) is 0.261. The summed E-state index contributed by atoms with van der Waals surface area (Å²) >= 11 is 11.6. The van der Waals surface area contributed by atoms with Crippen LogP contribution in [0.25, 0.3) is 0 Å². The highest BCUT2D eigenvalue weighted by molar-refractivity contribution is 6.42. The minimum atomic E-state index is -0.633. The highest BCUT2D eigenvalue weighted by Crippen LogP contribution is 2.33. The molecular formula is C13H15Cl2N3O5. The van der Waals surface area contributed by atoms with E-state index < -0.39 is 10.9 Å². The molecule has 0 unspecified atom stereocenters. The molecule has 0 amide bonds. The summed E-state index contributed by atoms with van der Waals surface area (Å²) in [6, 6.07) is 2.37. The fraction of sp³-hybridized carbons (Fsp3) is 0.385. The molecule has 1 N–H and O–H groups in total. The van der Waals surface area contributed by atoms with Gasteiger partial charge in [0.2, 0.25) is 5.90 Å². The highest BCUT2D eigenvalue weighted by atomic mass is 35.5. The molecule has 8 nitrogen and oxygen atoms in total. The minimum absolute atomic E-state index is 0.0189. The van der Waals surface area contributed by atoms with Crippen LogP contribution in [-0.2, 0) is 14.3 Å². The summed E-state index contributed by atoms with van der Waals surface area (Å²) in [6.45, 7) is 3.88. The number of halogens is 2. The summed E-state index contributed by atoms with van der Waals surface area (Å²) in [5.41, 5.74) is 2.17. The van der Waals surface area contributed by atoms with Gasteiger partial charge in [-0.2, -0.15) is 0 Å². The van der Waals surface area contributed by atoms with Crippen LogP contribution in [0.15, 0.2) is 17.2 Å². The smallest absolute Gasteiger partial charge is 0.315 e. The third-order valence-electron chi connectivity index (χ3n) is 2.45. The molecule has 10 heteroatoms. The molecule has 126 valence electrons. The molecule has 0 spiro atoms. The van der Waals surface area contributed by atoms with Gasteiger partial charge in [-0.05, 0) is 19.9 Å². The lowest BCUT2D eigenvalue weighted by Crippen LogP contribution is -2.15. The number of nitrogens with zero attached hydrogens (tertiary/aromatic N) is 2. The molecule has 0 fully saturated rings. The lowest BCUT2D eigenvalue weighted by atomic mass is 10.3. The first-order valence-electron chi connectivity index (χ1n) is 6.63. The molecule has 23 heavy (non-hydrogen) atoms. The SMILES string of the molecule is CCOC(=O)C/C(=N\Nc1cc(Cl)c(Cl)cc1[N+](=O)[O-])OCC. The van der Waals surface area contributed by atoms with Gasteiger partial charge in [0.25, 0.3) is 5.69 Å². The first-order valence-corrected chi connectivity index (χ1v) is 7.39. The predicted octanol–water partition coefficient (Wildman–Crippen LogP) is 3.62. The van der Waals surface area contributed by atoms with Crippen molar-refractivity contribution in [1.82, 2.24) is 0 Å². The Morgan fingerprint density at radius 1 is 1.26 bits per heavy atom. The van der Waals surface area contributed by atoms with E-state index in [0.717, 1.165) is 6.07 Å². The Morgan fingerprint density at radius 2 is 1.87 bits per heavy atom.